The number of benzene rings is 3. The lowest BCUT2D eigenvalue weighted by Crippen LogP contribution is -2.10. The van der Waals surface area contributed by atoms with Crippen LogP contribution in [0.1, 0.15) is 15.9 Å². The average Bonchev–Trinajstić information content (AvgIpc) is 3.12. The van der Waals surface area contributed by atoms with Crippen LogP contribution in [0.25, 0.3) is 22.2 Å². The molecule has 0 aliphatic rings. The first-order valence-electron chi connectivity index (χ1n) is 8.67. The van der Waals surface area contributed by atoms with Gasteiger partial charge in [0.2, 0.25) is 5.91 Å². The highest BCUT2D eigenvalue weighted by Gasteiger charge is 2.12. The predicted molar refractivity (Wildman–Crippen MR) is 112 cm³/mol. The molecule has 3 aromatic carbocycles. The minimum absolute atomic E-state index is 0.415. The van der Waals surface area contributed by atoms with E-state index in [2.05, 4.69) is 14.9 Å². The minimum atomic E-state index is -1.25. The standard InChI is InChI=1S/C21H18N4O2S/c22-21(26)16-9-10-19-18(12-16)20(24-23-19)15-7-4-8-17(11-15)25-28(27)13-14-5-2-1-3-6-14/h1-12,25H,13H2,(H2,22,26)(H,23,24). The first-order chi connectivity index (χ1) is 13.6. The minimum Gasteiger partial charge on any atom is -0.366 e. The van der Waals surface area contributed by atoms with Crippen molar-refractivity contribution < 1.29 is 9.00 Å². The smallest absolute Gasteiger partial charge is 0.248 e. The van der Waals surface area contributed by atoms with E-state index in [-0.39, 0.29) is 0 Å². The lowest BCUT2D eigenvalue weighted by atomic mass is 10.0. The number of H-pyrrole nitrogens is 1. The van der Waals surface area contributed by atoms with Crippen LogP contribution in [-0.2, 0) is 16.7 Å². The number of hydrogen-bond acceptors (Lipinski definition) is 3. The summed E-state index contributed by atoms with van der Waals surface area (Å²) in [5.41, 5.74) is 9.91. The fourth-order valence-corrected chi connectivity index (χ4v) is 3.97. The Kier molecular flexibility index (Phi) is 4.90. The third-order valence-corrected chi connectivity index (χ3v) is 5.41. The molecule has 4 aromatic rings. The van der Waals surface area contributed by atoms with Crippen molar-refractivity contribution in [3.8, 4) is 11.3 Å². The molecule has 1 heterocycles. The van der Waals surface area contributed by atoms with Gasteiger partial charge in [-0.2, -0.15) is 5.10 Å². The second-order valence-corrected chi connectivity index (χ2v) is 7.54. The molecule has 0 aliphatic carbocycles. The Balaban J connectivity index is 1.60. The number of carbonyl (C=O) groups excluding carboxylic acids is 1. The predicted octanol–water partition coefficient (Wildman–Crippen LogP) is 3.60. The summed E-state index contributed by atoms with van der Waals surface area (Å²) in [7, 11) is -1.25. The molecule has 0 bridgehead atoms. The van der Waals surface area contributed by atoms with Gasteiger partial charge in [0, 0.05) is 22.2 Å². The van der Waals surface area contributed by atoms with Gasteiger partial charge in [0.1, 0.15) is 11.0 Å². The van der Waals surface area contributed by atoms with Crippen LogP contribution in [0.5, 0.6) is 0 Å². The van der Waals surface area contributed by atoms with Gasteiger partial charge in [-0.15, -0.1) is 0 Å². The van der Waals surface area contributed by atoms with Gasteiger partial charge in [0.15, 0.2) is 0 Å². The highest BCUT2D eigenvalue weighted by Crippen LogP contribution is 2.29. The van der Waals surface area contributed by atoms with E-state index in [1.807, 2.05) is 54.6 Å². The van der Waals surface area contributed by atoms with E-state index in [1.54, 1.807) is 18.2 Å². The van der Waals surface area contributed by atoms with E-state index in [4.69, 9.17) is 5.73 Å². The van der Waals surface area contributed by atoms with Crippen molar-refractivity contribution in [2.24, 2.45) is 5.73 Å². The highest BCUT2D eigenvalue weighted by atomic mass is 32.2. The van der Waals surface area contributed by atoms with Crippen molar-refractivity contribution in [1.82, 2.24) is 10.2 Å². The van der Waals surface area contributed by atoms with Gasteiger partial charge in [-0.1, -0.05) is 42.5 Å². The van der Waals surface area contributed by atoms with Crippen LogP contribution in [0.2, 0.25) is 0 Å². The van der Waals surface area contributed by atoms with Gasteiger partial charge in [0.05, 0.1) is 17.0 Å². The molecule has 1 atom stereocenters. The second-order valence-electron chi connectivity index (χ2n) is 6.36. The summed E-state index contributed by atoms with van der Waals surface area (Å²) in [6.45, 7) is 0. The molecule has 7 heteroatoms. The molecule has 140 valence electrons. The number of amides is 1. The first kappa shape index (κ1) is 17.9. The molecule has 28 heavy (non-hydrogen) atoms. The summed E-state index contributed by atoms with van der Waals surface area (Å²) in [5.74, 6) is -0.0703. The summed E-state index contributed by atoms with van der Waals surface area (Å²) in [6, 6.07) is 22.4. The SMILES string of the molecule is NC(=O)c1ccc2[nH]nc(-c3cccc(NS(=O)Cc4ccccc4)c3)c2c1. The normalized spacial score (nSPS) is 12.0. The summed E-state index contributed by atoms with van der Waals surface area (Å²) >= 11 is 0. The molecule has 0 radical (unpaired) electrons. The Labute approximate surface area is 164 Å². The van der Waals surface area contributed by atoms with Crippen molar-refractivity contribution in [2.45, 2.75) is 5.75 Å². The zero-order valence-corrected chi connectivity index (χ0v) is 15.7. The maximum atomic E-state index is 12.4. The van der Waals surface area contributed by atoms with Crippen molar-refractivity contribution in [2.75, 3.05) is 4.72 Å². The molecule has 0 saturated heterocycles. The second kappa shape index (κ2) is 7.66. The molecule has 4 N–H and O–H groups in total. The van der Waals surface area contributed by atoms with Crippen LogP contribution >= 0.6 is 0 Å². The molecule has 0 saturated carbocycles. The largest absolute Gasteiger partial charge is 0.366 e. The van der Waals surface area contributed by atoms with Crippen molar-refractivity contribution >= 4 is 33.5 Å². The van der Waals surface area contributed by atoms with Crippen molar-refractivity contribution in [1.29, 1.82) is 0 Å². The number of carbonyl (C=O) groups is 1. The number of anilines is 1. The molecule has 1 aromatic heterocycles. The molecule has 1 unspecified atom stereocenters. The molecular weight excluding hydrogens is 372 g/mol. The average molecular weight is 390 g/mol. The van der Waals surface area contributed by atoms with Gasteiger partial charge in [-0.25, -0.2) is 4.21 Å². The molecule has 0 fully saturated rings. The van der Waals surface area contributed by atoms with E-state index in [0.717, 1.165) is 27.7 Å². The number of aromatic nitrogens is 2. The van der Waals surface area contributed by atoms with Crippen molar-refractivity contribution in [3.05, 3.63) is 83.9 Å². The van der Waals surface area contributed by atoms with Crippen LogP contribution in [0.3, 0.4) is 0 Å². The fraction of sp³-hybridized carbons (Fsp3) is 0.0476. The number of nitrogens with one attached hydrogen (secondary N) is 2. The van der Waals surface area contributed by atoms with E-state index in [1.165, 1.54) is 0 Å². The lowest BCUT2D eigenvalue weighted by molar-refractivity contribution is 0.100. The van der Waals surface area contributed by atoms with Gasteiger partial charge in [-0.05, 0) is 35.9 Å². The maximum Gasteiger partial charge on any atom is 0.248 e. The van der Waals surface area contributed by atoms with E-state index < -0.39 is 16.9 Å². The summed E-state index contributed by atoms with van der Waals surface area (Å²) in [4.78, 5) is 11.5. The fourth-order valence-electron chi connectivity index (χ4n) is 3.01. The first-order valence-corrected chi connectivity index (χ1v) is 9.99. The Hall–Kier alpha value is -3.45. The Morgan fingerprint density at radius 3 is 2.64 bits per heavy atom. The van der Waals surface area contributed by atoms with Crippen LogP contribution in [0.4, 0.5) is 5.69 Å². The van der Waals surface area contributed by atoms with Crippen LogP contribution in [0.15, 0.2) is 72.8 Å². The third-order valence-electron chi connectivity index (χ3n) is 4.36. The zero-order chi connectivity index (χ0) is 19.5. The summed E-state index contributed by atoms with van der Waals surface area (Å²) in [6.07, 6.45) is 0. The number of nitrogens with two attached hydrogens (primary N) is 1. The summed E-state index contributed by atoms with van der Waals surface area (Å²) in [5, 5.41) is 8.14. The lowest BCUT2D eigenvalue weighted by Gasteiger charge is -2.08. The number of fused-ring (bicyclic) bond motifs is 1. The van der Waals surface area contributed by atoms with Gasteiger partial charge in [-0.3, -0.25) is 9.89 Å². The molecule has 0 spiro atoms. The maximum absolute atomic E-state index is 12.4. The molecule has 1 amide bonds. The van der Waals surface area contributed by atoms with Gasteiger partial charge in [0.25, 0.3) is 0 Å². The molecular formula is C21H18N4O2S. The zero-order valence-electron chi connectivity index (χ0n) is 14.9. The third kappa shape index (κ3) is 3.79. The number of aromatic amines is 1. The molecule has 6 nitrogen and oxygen atoms in total. The highest BCUT2D eigenvalue weighted by molar-refractivity contribution is 7.85. The van der Waals surface area contributed by atoms with Crippen LogP contribution in [-0.4, -0.2) is 20.3 Å². The monoisotopic (exact) mass is 390 g/mol. The number of nitrogens with zero attached hydrogens (tertiary/aromatic N) is 1. The van der Waals surface area contributed by atoms with Crippen LogP contribution < -0.4 is 10.5 Å². The van der Waals surface area contributed by atoms with Gasteiger partial charge < -0.3 is 10.5 Å². The Morgan fingerprint density at radius 2 is 1.86 bits per heavy atom. The number of hydrogen-bond donors (Lipinski definition) is 3. The van der Waals surface area contributed by atoms with E-state index in [0.29, 0.717) is 17.0 Å². The molecule has 0 aliphatic heterocycles. The molecule has 4 rings (SSSR count). The van der Waals surface area contributed by atoms with Gasteiger partial charge >= 0.3 is 0 Å². The van der Waals surface area contributed by atoms with Crippen LogP contribution in [0, 0.1) is 0 Å². The Bertz CT molecular complexity index is 1170. The Morgan fingerprint density at radius 1 is 1.04 bits per heavy atom. The summed E-state index contributed by atoms with van der Waals surface area (Å²) < 4.78 is 15.5. The number of primary amides is 1. The van der Waals surface area contributed by atoms with Crippen molar-refractivity contribution in [3.63, 3.8) is 0 Å². The quantitative estimate of drug-likeness (QED) is 0.469. The van der Waals surface area contributed by atoms with E-state index in [9.17, 15) is 9.00 Å². The topological polar surface area (TPSA) is 101 Å². The number of rotatable bonds is 6. The van der Waals surface area contributed by atoms with E-state index >= 15 is 0 Å².